The molecule has 1 saturated heterocycles. The molecule has 6 heteroatoms. The Hall–Kier alpha value is -1.42. The summed E-state index contributed by atoms with van der Waals surface area (Å²) >= 11 is 0. The van der Waals surface area contributed by atoms with E-state index in [2.05, 4.69) is 0 Å². The highest BCUT2D eigenvalue weighted by atomic mass is 32.2. The molecule has 1 fully saturated rings. The van der Waals surface area contributed by atoms with Crippen LogP contribution in [0.2, 0.25) is 0 Å². The molecule has 1 atom stereocenters. The van der Waals surface area contributed by atoms with Crippen molar-refractivity contribution >= 4 is 10.0 Å². The molecule has 0 amide bonds. The molecular weight excluding hydrogens is 276 g/mol. The molecule has 1 aromatic rings. The van der Waals surface area contributed by atoms with Crippen molar-refractivity contribution in [1.29, 1.82) is 5.26 Å². The molecule has 0 aliphatic carbocycles. The molecule has 1 unspecified atom stereocenters. The van der Waals surface area contributed by atoms with Crippen LogP contribution >= 0.6 is 0 Å². The smallest absolute Gasteiger partial charge is 0.243 e. The fourth-order valence-electron chi connectivity index (χ4n) is 2.41. The lowest BCUT2D eigenvalue weighted by atomic mass is 10.0. The van der Waals surface area contributed by atoms with Crippen LogP contribution in [0.3, 0.4) is 0 Å². The number of hydrogen-bond donors (Lipinski definition) is 1. The fraction of sp³-hybridized carbons (Fsp3) is 0.500. The fourth-order valence-corrected chi connectivity index (χ4v) is 3.97. The molecule has 20 heavy (non-hydrogen) atoms. The highest BCUT2D eigenvalue weighted by Crippen LogP contribution is 2.23. The number of sulfonamides is 1. The van der Waals surface area contributed by atoms with Gasteiger partial charge in [-0.1, -0.05) is 12.1 Å². The van der Waals surface area contributed by atoms with Crippen molar-refractivity contribution in [1.82, 2.24) is 4.31 Å². The van der Waals surface area contributed by atoms with Crippen LogP contribution in [0.4, 0.5) is 0 Å². The lowest BCUT2D eigenvalue weighted by Gasteiger charge is -2.30. The van der Waals surface area contributed by atoms with E-state index in [0.717, 1.165) is 18.4 Å². The molecule has 5 nitrogen and oxygen atoms in total. The first-order chi connectivity index (χ1) is 9.57. The number of aliphatic hydroxyl groups excluding tert-OH is 1. The van der Waals surface area contributed by atoms with Crippen LogP contribution in [0.15, 0.2) is 29.2 Å². The molecule has 1 aromatic carbocycles. The van der Waals surface area contributed by atoms with Crippen molar-refractivity contribution in [3.05, 3.63) is 29.8 Å². The molecule has 1 aliphatic heterocycles. The number of piperidine rings is 1. The zero-order valence-corrected chi connectivity index (χ0v) is 12.0. The Balaban J connectivity index is 2.19. The Labute approximate surface area is 119 Å². The third-order valence-electron chi connectivity index (χ3n) is 3.58. The summed E-state index contributed by atoms with van der Waals surface area (Å²) in [6, 6.07) is 8.46. The summed E-state index contributed by atoms with van der Waals surface area (Å²) in [7, 11) is -3.50. The molecule has 1 N–H and O–H groups in total. The third-order valence-corrected chi connectivity index (χ3v) is 5.46. The Morgan fingerprint density at radius 3 is 2.65 bits per heavy atom. The van der Waals surface area contributed by atoms with Gasteiger partial charge in [0.25, 0.3) is 0 Å². The van der Waals surface area contributed by atoms with E-state index in [1.807, 2.05) is 6.07 Å². The van der Waals surface area contributed by atoms with Crippen LogP contribution in [0, 0.1) is 17.2 Å². The summed E-state index contributed by atoms with van der Waals surface area (Å²) < 4.78 is 26.4. The summed E-state index contributed by atoms with van der Waals surface area (Å²) in [5, 5.41) is 17.8. The van der Waals surface area contributed by atoms with E-state index in [1.54, 1.807) is 24.3 Å². The van der Waals surface area contributed by atoms with Crippen LogP contribution in [0.1, 0.15) is 18.4 Å². The Kier molecular flexibility index (Phi) is 4.76. The second kappa shape index (κ2) is 6.35. The molecular formula is C14H18N2O3S. The average Bonchev–Trinajstić information content (AvgIpc) is 2.48. The van der Waals surface area contributed by atoms with Gasteiger partial charge in [-0.3, -0.25) is 0 Å². The van der Waals surface area contributed by atoms with Crippen LogP contribution in [0.25, 0.3) is 0 Å². The molecule has 1 aliphatic rings. The van der Waals surface area contributed by atoms with E-state index < -0.39 is 10.0 Å². The van der Waals surface area contributed by atoms with Crippen molar-refractivity contribution < 1.29 is 13.5 Å². The second-order valence-electron chi connectivity index (χ2n) is 5.03. The van der Waals surface area contributed by atoms with E-state index in [0.29, 0.717) is 13.1 Å². The van der Waals surface area contributed by atoms with Crippen LogP contribution in [-0.2, 0) is 16.4 Å². The van der Waals surface area contributed by atoms with Crippen molar-refractivity contribution in [2.45, 2.75) is 24.2 Å². The van der Waals surface area contributed by atoms with Gasteiger partial charge in [-0.25, -0.2) is 8.42 Å². The normalized spacial score (nSPS) is 20.5. The van der Waals surface area contributed by atoms with Gasteiger partial charge in [-0.2, -0.15) is 9.57 Å². The van der Waals surface area contributed by atoms with Crippen molar-refractivity contribution in [2.75, 3.05) is 19.7 Å². The molecule has 0 saturated carbocycles. The molecule has 108 valence electrons. The minimum absolute atomic E-state index is 0.0210. The van der Waals surface area contributed by atoms with Gasteiger partial charge in [0.2, 0.25) is 10.0 Å². The first-order valence-corrected chi connectivity index (χ1v) is 8.09. The predicted molar refractivity (Wildman–Crippen MR) is 74.3 cm³/mol. The minimum atomic E-state index is -3.50. The standard InChI is InChI=1S/C14H18N2O3S/c15-8-7-12-3-5-14(6-4-12)20(18,19)16-9-1-2-13(10-16)11-17/h3-6,13,17H,1-2,7,9-11H2. The van der Waals surface area contributed by atoms with Gasteiger partial charge >= 0.3 is 0 Å². The quantitative estimate of drug-likeness (QED) is 0.903. The summed E-state index contributed by atoms with van der Waals surface area (Å²) in [4.78, 5) is 0.248. The van der Waals surface area contributed by atoms with Gasteiger partial charge in [-0.05, 0) is 36.5 Å². The summed E-state index contributed by atoms with van der Waals surface area (Å²) in [6.45, 7) is 0.894. The van der Waals surface area contributed by atoms with Crippen LogP contribution < -0.4 is 0 Å². The van der Waals surface area contributed by atoms with Crippen LogP contribution in [-0.4, -0.2) is 37.5 Å². The maximum absolute atomic E-state index is 12.5. The van der Waals surface area contributed by atoms with E-state index in [4.69, 9.17) is 5.26 Å². The number of nitrogens with zero attached hydrogens (tertiary/aromatic N) is 2. The van der Waals surface area contributed by atoms with Gasteiger partial charge in [0.1, 0.15) is 0 Å². The second-order valence-corrected chi connectivity index (χ2v) is 6.97. The lowest BCUT2D eigenvalue weighted by Crippen LogP contribution is -2.40. The van der Waals surface area contributed by atoms with E-state index in [-0.39, 0.29) is 23.8 Å². The van der Waals surface area contributed by atoms with Gasteiger partial charge in [0, 0.05) is 19.7 Å². The minimum Gasteiger partial charge on any atom is -0.396 e. The van der Waals surface area contributed by atoms with Gasteiger partial charge < -0.3 is 5.11 Å². The first-order valence-electron chi connectivity index (χ1n) is 6.65. The zero-order valence-electron chi connectivity index (χ0n) is 11.2. The highest BCUT2D eigenvalue weighted by molar-refractivity contribution is 7.89. The Bertz CT molecular complexity index is 590. The largest absolute Gasteiger partial charge is 0.396 e. The monoisotopic (exact) mass is 294 g/mol. The molecule has 0 spiro atoms. The van der Waals surface area contributed by atoms with Crippen molar-refractivity contribution in [3.8, 4) is 6.07 Å². The van der Waals surface area contributed by atoms with Crippen LogP contribution in [0.5, 0.6) is 0 Å². The maximum atomic E-state index is 12.5. The van der Waals surface area contributed by atoms with Crippen molar-refractivity contribution in [2.24, 2.45) is 5.92 Å². The SMILES string of the molecule is N#CCc1ccc(S(=O)(=O)N2CCCC(CO)C2)cc1. The zero-order chi connectivity index (χ0) is 14.6. The number of benzene rings is 1. The maximum Gasteiger partial charge on any atom is 0.243 e. The molecule has 1 heterocycles. The number of hydrogen-bond acceptors (Lipinski definition) is 4. The molecule has 0 aromatic heterocycles. The van der Waals surface area contributed by atoms with Gasteiger partial charge in [0.05, 0.1) is 17.4 Å². The van der Waals surface area contributed by atoms with Gasteiger partial charge in [0.15, 0.2) is 0 Å². The average molecular weight is 294 g/mol. The van der Waals surface area contributed by atoms with Crippen molar-refractivity contribution in [3.63, 3.8) is 0 Å². The predicted octanol–water partition coefficient (Wildman–Crippen LogP) is 1.15. The summed E-state index contributed by atoms with van der Waals surface area (Å²) in [5.41, 5.74) is 0.804. The van der Waals surface area contributed by atoms with E-state index >= 15 is 0 Å². The topological polar surface area (TPSA) is 81.4 Å². The van der Waals surface area contributed by atoms with E-state index in [9.17, 15) is 13.5 Å². The molecule has 2 rings (SSSR count). The van der Waals surface area contributed by atoms with Gasteiger partial charge in [-0.15, -0.1) is 0 Å². The van der Waals surface area contributed by atoms with E-state index in [1.165, 1.54) is 4.31 Å². The number of nitriles is 1. The number of rotatable bonds is 4. The molecule has 0 radical (unpaired) electrons. The summed E-state index contributed by atoms with van der Waals surface area (Å²) in [5.74, 6) is 0.0244. The summed E-state index contributed by atoms with van der Waals surface area (Å²) in [6.07, 6.45) is 1.91. The number of aliphatic hydroxyl groups is 1. The Morgan fingerprint density at radius 2 is 2.05 bits per heavy atom. The highest BCUT2D eigenvalue weighted by Gasteiger charge is 2.29. The molecule has 0 bridgehead atoms. The first kappa shape index (κ1) is 15.0. The Morgan fingerprint density at radius 1 is 1.35 bits per heavy atom. The third kappa shape index (κ3) is 3.18. The lowest BCUT2D eigenvalue weighted by molar-refractivity contribution is 0.165.